The van der Waals surface area contributed by atoms with Gasteiger partial charge in [-0.3, -0.25) is 0 Å². The minimum atomic E-state index is 0.108. The molecule has 4 fully saturated rings. The van der Waals surface area contributed by atoms with Gasteiger partial charge in [0.1, 0.15) is 0 Å². The molecule has 98 valence electrons. The molecule has 0 aromatic rings. The molecule has 3 nitrogen and oxygen atoms in total. The Bertz CT molecular complexity index is 229. The van der Waals surface area contributed by atoms with E-state index in [4.69, 9.17) is 14.6 Å². The second-order valence-electron chi connectivity index (χ2n) is 6.29. The Morgan fingerprint density at radius 3 is 2.00 bits per heavy atom. The number of hydrogen-bond acceptors (Lipinski definition) is 3. The molecule has 0 spiro atoms. The Kier molecular flexibility index (Phi) is 3.42. The van der Waals surface area contributed by atoms with Gasteiger partial charge in [-0.05, 0) is 56.3 Å². The Morgan fingerprint density at radius 2 is 1.47 bits per heavy atom. The molecule has 4 bridgehead atoms. The first kappa shape index (κ1) is 11.9. The largest absolute Gasteiger partial charge is 0.394 e. The smallest absolute Gasteiger partial charge is 0.0708 e. The molecule has 4 aliphatic carbocycles. The molecule has 0 radical (unpaired) electrons. The predicted octanol–water partition coefficient (Wildman–Crippen LogP) is 1.98. The number of aliphatic hydroxyl groups is 1. The van der Waals surface area contributed by atoms with E-state index in [1.165, 1.54) is 38.5 Å². The van der Waals surface area contributed by atoms with E-state index in [1.807, 2.05) is 0 Å². The fraction of sp³-hybridized carbons (Fsp3) is 1.00. The highest BCUT2D eigenvalue weighted by Crippen LogP contribution is 2.56. The highest BCUT2D eigenvalue weighted by Gasteiger charge is 2.51. The lowest BCUT2D eigenvalue weighted by Crippen LogP contribution is -2.52. The van der Waals surface area contributed by atoms with Crippen molar-refractivity contribution in [1.82, 2.24) is 0 Å². The topological polar surface area (TPSA) is 38.7 Å². The summed E-state index contributed by atoms with van der Waals surface area (Å²) >= 11 is 0. The van der Waals surface area contributed by atoms with Crippen LogP contribution in [0.25, 0.3) is 0 Å². The van der Waals surface area contributed by atoms with Gasteiger partial charge in [0.25, 0.3) is 0 Å². The maximum atomic E-state index is 8.63. The van der Waals surface area contributed by atoms with Crippen LogP contribution < -0.4 is 0 Å². The average Bonchev–Trinajstić information content (AvgIpc) is 2.26. The lowest BCUT2D eigenvalue weighted by Gasteiger charge is -2.56. The standard InChI is InChI=1S/C14H24O3/c15-1-2-16-3-4-17-14-8-11-5-12(9-14)7-13(6-11)10-14/h11-13,15H,1-10H2. The summed E-state index contributed by atoms with van der Waals surface area (Å²) in [6.07, 6.45) is 8.26. The average molecular weight is 240 g/mol. The molecule has 4 aliphatic rings. The van der Waals surface area contributed by atoms with Crippen molar-refractivity contribution < 1.29 is 14.6 Å². The summed E-state index contributed by atoms with van der Waals surface area (Å²) in [6, 6.07) is 0. The Labute approximate surface area is 103 Å². The molecule has 17 heavy (non-hydrogen) atoms. The molecular weight excluding hydrogens is 216 g/mol. The van der Waals surface area contributed by atoms with Gasteiger partial charge in [0.2, 0.25) is 0 Å². The molecule has 0 amide bonds. The van der Waals surface area contributed by atoms with Gasteiger partial charge in [-0.1, -0.05) is 0 Å². The molecule has 0 saturated heterocycles. The van der Waals surface area contributed by atoms with E-state index in [1.54, 1.807) is 0 Å². The van der Waals surface area contributed by atoms with Crippen molar-refractivity contribution in [3.8, 4) is 0 Å². The normalized spacial score (nSPS) is 43.2. The number of ether oxygens (including phenoxy) is 2. The van der Waals surface area contributed by atoms with Crippen LogP contribution in [-0.4, -0.2) is 37.1 Å². The molecule has 1 N–H and O–H groups in total. The SMILES string of the molecule is OCCOCCOC12CC3CC(CC(C3)C1)C2. The van der Waals surface area contributed by atoms with Crippen molar-refractivity contribution in [2.24, 2.45) is 17.8 Å². The van der Waals surface area contributed by atoms with Crippen LogP contribution in [0, 0.1) is 17.8 Å². The maximum Gasteiger partial charge on any atom is 0.0708 e. The maximum absolute atomic E-state index is 8.63. The summed E-state index contributed by atoms with van der Waals surface area (Å²) < 4.78 is 11.5. The van der Waals surface area contributed by atoms with Gasteiger partial charge in [-0.2, -0.15) is 0 Å². The fourth-order valence-electron chi connectivity index (χ4n) is 4.69. The van der Waals surface area contributed by atoms with Crippen LogP contribution in [0.1, 0.15) is 38.5 Å². The second-order valence-corrected chi connectivity index (χ2v) is 6.29. The van der Waals surface area contributed by atoms with Crippen molar-refractivity contribution in [2.45, 2.75) is 44.1 Å². The Hall–Kier alpha value is -0.120. The van der Waals surface area contributed by atoms with E-state index in [-0.39, 0.29) is 12.2 Å². The summed E-state index contributed by atoms with van der Waals surface area (Å²) in [7, 11) is 0. The van der Waals surface area contributed by atoms with Crippen LogP contribution >= 0.6 is 0 Å². The van der Waals surface area contributed by atoms with Crippen LogP contribution in [0.5, 0.6) is 0 Å². The predicted molar refractivity (Wildman–Crippen MR) is 64.8 cm³/mol. The molecule has 3 heteroatoms. The summed E-state index contributed by atoms with van der Waals surface area (Å²) in [6.45, 7) is 1.87. The first-order valence-electron chi connectivity index (χ1n) is 7.12. The molecule has 0 aromatic heterocycles. The Morgan fingerprint density at radius 1 is 0.882 bits per heavy atom. The summed E-state index contributed by atoms with van der Waals surface area (Å²) in [5.74, 6) is 2.83. The lowest BCUT2D eigenvalue weighted by molar-refractivity contribution is -0.169. The zero-order valence-corrected chi connectivity index (χ0v) is 10.6. The third-order valence-electron chi connectivity index (χ3n) is 4.85. The molecule has 4 rings (SSSR count). The lowest BCUT2D eigenvalue weighted by atomic mass is 9.54. The van der Waals surface area contributed by atoms with Gasteiger partial charge >= 0.3 is 0 Å². The van der Waals surface area contributed by atoms with Crippen molar-refractivity contribution in [3.05, 3.63) is 0 Å². The molecule has 0 aliphatic heterocycles. The fourth-order valence-corrected chi connectivity index (χ4v) is 4.69. The monoisotopic (exact) mass is 240 g/mol. The van der Waals surface area contributed by atoms with E-state index >= 15 is 0 Å². The highest BCUT2D eigenvalue weighted by molar-refractivity contribution is 5.03. The van der Waals surface area contributed by atoms with Gasteiger partial charge < -0.3 is 14.6 Å². The number of aliphatic hydroxyl groups excluding tert-OH is 1. The minimum absolute atomic E-state index is 0.108. The van der Waals surface area contributed by atoms with E-state index in [9.17, 15) is 0 Å². The third-order valence-corrected chi connectivity index (χ3v) is 4.85. The second kappa shape index (κ2) is 4.87. The number of rotatable bonds is 6. The quantitative estimate of drug-likeness (QED) is 0.722. The minimum Gasteiger partial charge on any atom is -0.394 e. The first-order chi connectivity index (χ1) is 8.30. The van der Waals surface area contributed by atoms with E-state index in [0.29, 0.717) is 19.8 Å². The summed E-state index contributed by atoms with van der Waals surface area (Å²) in [5, 5.41) is 8.63. The van der Waals surface area contributed by atoms with Gasteiger partial charge in [0.05, 0.1) is 32.0 Å². The van der Waals surface area contributed by atoms with Crippen molar-refractivity contribution in [1.29, 1.82) is 0 Å². The zero-order chi connectivity index (χ0) is 11.7. The molecule has 4 saturated carbocycles. The van der Waals surface area contributed by atoms with E-state index < -0.39 is 0 Å². The van der Waals surface area contributed by atoms with Gasteiger partial charge in [-0.25, -0.2) is 0 Å². The van der Waals surface area contributed by atoms with Crippen LogP contribution in [0.2, 0.25) is 0 Å². The molecule has 0 atom stereocenters. The van der Waals surface area contributed by atoms with Gasteiger partial charge in [0, 0.05) is 0 Å². The third kappa shape index (κ3) is 2.51. The first-order valence-corrected chi connectivity index (χ1v) is 7.12. The van der Waals surface area contributed by atoms with E-state index in [2.05, 4.69) is 0 Å². The summed E-state index contributed by atoms with van der Waals surface area (Å²) in [5.41, 5.74) is 0.206. The Balaban J connectivity index is 1.49. The van der Waals surface area contributed by atoms with Gasteiger partial charge in [-0.15, -0.1) is 0 Å². The highest BCUT2D eigenvalue weighted by atomic mass is 16.5. The van der Waals surface area contributed by atoms with Crippen molar-refractivity contribution in [2.75, 3.05) is 26.4 Å². The molecule has 0 unspecified atom stereocenters. The number of hydrogen-bond donors (Lipinski definition) is 1. The van der Waals surface area contributed by atoms with E-state index in [0.717, 1.165) is 17.8 Å². The van der Waals surface area contributed by atoms with Crippen molar-refractivity contribution in [3.63, 3.8) is 0 Å². The van der Waals surface area contributed by atoms with Crippen molar-refractivity contribution >= 4 is 0 Å². The van der Waals surface area contributed by atoms with Crippen LogP contribution in [-0.2, 0) is 9.47 Å². The van der Waals surface area contributed by atoms with Gasteiger partial charge in [0.15, 0.2) is 0 Å². The zero-order valence-electron chi connectivity index (χ0n) is 10.6. The molecular formula is C14H24O3. The van der Waals surface area contributed by atoms with Crippen LogP contribution in [0.4, 0.5) is 0 Å². The molecule has 0 aromatic carbocycles. The summed E-state index contributed by atoms with van der Waals surface area (Å²) in [4.78, 5) is 0. The molecule has 0 heterocycles. The van der Waals surface area contributed by atoms with Crippen LogP contribution in [0.15, 0.2) is 0 Å². The van der Waals surface area contributed by atoms with Crippen LogP contribution in [0.3, 0.4) is 0 Å².